The van der Waals surface area contributed by atoms with Crippen LogP contribution in [0, 0.1) is 34.0 Å². The number of rotatable bonds is 8. The average Bonchev–Trinajstić information content (AvgIpc) is 3.44. The average molecular weight is 551 g/mol. The van der Waals surface area contributed by atoms with Crippen LogP contribution in [0.4, 0.5) is 18.9 Å². The van der Waals surface area contributed by atoms with Gasteiger partial charge in [0.25, 0.3) is 0 Å². The molecule has 6 nitrogen and oxygen atoms in total. The summed E-state index contributed by atoms with van der Waals surface area (Å²) in [5.41, 5.74) is -2.76. The number of ether oxygens (including phenoxy) is 2. The first kappa shape index (κ1) is 29.1. The zero-order valence-electron chi connectivity index (χ0n) is 21.7. The third-order valence-electron chi connectivity index (χ3n) is 5.67. The summed E-state index contributed by atoms with van der Waals surface area (Å²) in [7, 11) is 0. The van der Waals surface area contributed by atoms with Gasteiger partial charge in [0.15, 0.2) is 11.3 Å². The summed E-state index contributed by atoms with van der Waals surface area (Å²) in [5.74, 6) is 0.0503. The molecule has 200 valence electrons. The Morgan fingerprint density at radius 3 is 2.26 bits per heavy atom. The Hall–Kier alpha value is -4.46. The summed E-state index contributed by atoms with van der Waals surface area (Å²) in [6.07, 6.45) is 1.45. The molecule has 0 fully saturated rings. The van der Waals surface area contributed by atoms with E-state index >= 15 is 0 Å². The van der Waals surface area contributed by atoms with Gasteiger partial charge in [0.05, 0.1) is 6.10 Å². The number of thiophene rings is 1. The summed E-state index contributed by atoms with van der Waals surface area (Å²) >= 11 is 1.33. The van der Waals surface area contributed by atoms with Crippen LogP contribution in [-0.2, 0) is 4.74 Å². The standard InChI is InChI=1S/C29H25F3N4O2S/c1-5-36-21-8-6-19(26(14-21)37-18(2)3)7-9-22-10-11-23(39-22)12-13-25-24(17-35)27(20(15-33)16-34)38-28(25,4)29(30,31)32/h6-14,18,36H,5H2,1-4H3/b9-7+,13-12+. The van der Waals surface area contributed by atoms with Gasteiger partial charge in [0.1, 0.15) is 29.5 Å². The summed E-state index contributed by atoms with van der Waals surface area (Å²) < 4.78 is 53.0. The first-order valence-corrected chi connectivity index (χ1v) is 12.7. The van der Waals surface area contributed by atoms with Crippen LogP contribution < -0.4 is 10.1 Å². The van der Waals surface area contributed by atoms with Crippen molar-refractivity contribution in [3.8, 4) is 24.0 Å². The predicted octanol–water partition coefficient (Wildman–Crippen LogP) is 7.62. The fourth-order valence-corrected chi connectivity index (χ4v) is 4.58. The second-order valence-electron chi connectivity index (χ2n) is 8.82. The highest BCUT2D eigenvalue weighted by molar-refractivity contribution is 7.13. The van der Waals surface area contributed by atoms with Crippen molar-refractivity contribution in [1.29, 1.82) is 15.8 Å². The molecule has 1 N–H and O–H groups in total. The number of alkyl halides is 3. The topological polar surface area (TPSA) is 102 Å². The van der Waals surface area contributed by atoms with E-state index in [0.29, 0.717) is 4.88 Å². The van der Waals surface area contributed by atoms with Gasteiger partial charge in [-0.05, 0) is 70.2 Å². The minimum absolute atomic E-state index is 0.0187. The normalized spacial score (nSPS) is 17.3. The van der Waals surface area contributed by atoms with Crippen molar-refractivity contribution in [3.63, 3.8) is 0 Å². The van der Waals surface area contributed by atoms with E-state index < -0.39 is 34.3 Å². The number of hydrogen-bond donors (Lipinski definition) is 1. The number of allylic oxidation sites excluding steroid dienone is 2. The lowest BCUT2D eigenvalue weighted by Crippen LogP contribution is -2.43. The molecule has 0 radical (unpaired) electrons. The molecule has 1 aliphatic rings. The van der Waals surface area contributed by atoms with Gasteiger partial charge in [-0.3, -0.25) is 0 Å². The molecule has 2 aromatic rings. The maximum Gasteiger partial charge on any atom is 0.432 e. The third kappa shape index (κ3) is 6.34. The Morgan fingerprint density at radius 2 is 1.72 bits per heavy atom. The van der Waals surface area contributed by atoms with Crippen LogP contribution in [0.25, 0.3) is 18.2 Å². The number of hydrogen-bond acceptors (Lipinski definition) is 7. The summed E-state index contributed by atoms with van der Waals surface area (Å²) in [6, 6.07) is 14.0. The van der Waals surface area contributed by atoms with Gasteiger partial charge in [0.2, 0.25) is 5.60 Å². The van der Waals surface area contributed by atoms with Crippen molar-refractivity contribution >= 4 is 35.3 Å². The molecule has 0 amide bonds. The van der Waals surface area contributed by atoms with Crippen LogP contribution in [0.3, 0.4) is 0 Å². The fraction of sp³-hybridized carbons (Fsp3) is 0.276. The highest BCUT2D eigenvalue weighted by Gasteiger charge is 2.60. The van der Waals surface area contributed by atoms with E-state index in [1.165, 1.54) is 29.6 Å². The molecule has 3 rings (SSSR count). The van der Waals surface area contributed by atoms with Crippen molar-refractivity contribution in [3.05, 3.63) is 74.2 Å². The number of benzene rings is 1. The first-order chi connectivity index (χ1) is 18.5. The predicted molar refractivity (Wildman–Crippen MR) is 145 cm³/mol. The van der Waals surface area contributed by atoms with E-state index in [2.05, 4.69) is 5.32 Å². The molecule has 0 spiro atoms. The second kappa shape index (κ2) is 11.9. The van der Waals surface area contributed by atoms with Gasteiger partial charge in [-0.2, -0.15) is 29.0 Å². The quantitative estimate of drug-likeness (QED) is 0.339. The summed E-state index contributed by atoms with van der Waals surface area (Å²) in [4.78, 5) is 1.47. The number of nitrogens with one attached hydrogen (secondary N) is 1. The van der Waals surface area contributed by atoms with Crippen LogP contribution in [-0.4, -0.2) is 24.4 Å². The molecule has 1 atom stereocenters. The van der Waals surface area contributed by atoms with Crippen LogP contribution in [0.1, 0.15) is 43.0 Å². The molecule has 1 unspecified atom stereocenters. The van der Waals surface area contributed by atoms with E-state index in [1.54, 1.807) is 12.1 Å². The smallest absolute Gasteiger partial charge is 0.432 e. The summed E-state index contributed by atoms with van der Waals surface area (Å²) in [6.45, 7) is 7.43. The molecule has 1 aromatic carbocycles. The Morgan fingerprint density at radius 1 is 1.08 bits per heavy atom. The Bertz CT molecular complexity index is 1480. The van der Waals surface area contributed by atoms with Crippen LogP contribution in [0.5, 0.6) is 5.75 Å². The number of nitrogens with zero attached hydrogens (tertiary/aromatic N) is 3. The molecule has 0 aliphatic carbocycles. The van der Waals surface area contributed by atoms with Crippen molar-refractivity contribution in [2.24, 2.45) is 0 Å². The highest BCUT2D eigenvalue weighted by atomic mass is 32.1. The molecule has 2 heterocycles. The highest BCUT2D eigenvalue weighted by Crippen LogP contribution is 2.49. The van der Waals surface area contributed by atoms with Gasteiger partial charge >= 0.3 is 6.18 Å². The van der Waals surface area contributed by atoms with Crippen molar-refractivity contribution in [2.75, 3.05) is 11.9 Å². The molecular weight excluding hydrogens is 525 g/mol. The van der Waals surface area contributed by atoms with E-state index in [-0.39, 0.29) is 6.10 Å². The molecule has 0 bridgehead atoms. The van der Waals surface area contributed by atoms with E-state index in [0.717, 1.165) is 41.4 Å². The molecule has 0 saturated heterocycles. The number of anilines is 1. The van der Waals surface area contributed by atoms with Gasteiger partial charge < -0.3 is 14.8 Å². The van der Waals surface area contributed by atoms with Gasteiger partial charge in [-0.15, -0.1) is 11.3 Å². The van der Waals surface area contributed by atoms with Gasteiger partial charge in [0, 0.05) is 39.2 Å². The maximum absolute atomic E-state index is 14.0. The van der Waals surface area contributed by atoms with Crippen LogP contribution >= 0.6 is 11.3 Å². The SMILES string of the molecule is CCNc1ccc(/C=C/c2ccc(/C=C/C3=C(C#N)C(=C(C#N)C#N)OC3(C)C(F)(F)F)s2)c(OC(C)C)c1. The number of halogens is 3. The lowest BCUT2D eigenvalue weighted by atomic mass is 9.92. The number of nitriles is 3. The maximum atomic E-state index is 14.0. The minimum atomic E-state index is -4.91. The lowest BCUT2D eigenvalue weighted by molar-refractivity contribution is -0.236. The molecular formula is C29H25F3N4O2S. The third-order valence-corrected chi connectivity index (χ3v) is 6.68. The lowest BCUT2D eigenvalue weighted by Gasteiger charge is -2.28. The molecule has 39 heavy (non-hydrogen) atoms. The Labute approximate surface area is 229 Å². The zero-order valence-corrected chi connectivity index (χ0v) is 22.5. The largest absolute Gasteiger partial charge is 0.490 e. The van der Waals surface area contributed by atoms with E-state index in [9.17, 15) is 18.4 Å². The van der Waals surface area contributed by atoms with Gasteiger partial charge in [-0.25, -0.2) is 0 Å². The van der Waals surface area contributed by atoms with Gasteiger partial charge in [-0.1, -0.05) is 6.08 Å². The molecule has 10 heteroatoms. The monoisotopic (exact) mass is 550 g/mol. The molecule has 0 saturated carbocycles. The van der Waals surface area contributed by atoms with Crippen molar-refractivity contribution in [1.82, 2.24) is 0 Å². The molecule has 1 aliphatic heterocycles. The summed E-state index contributed by atoms with van der Waals surface area (Å²) in [5, 5.41) is 31.1. The molecule has 1 aromatic heterocycles. The van der Waals surface area contributed by atoms with E-state index in [1.807, 2.05) is 57.2 Å². The van der Waals surface area contributed by atoms with Crippen molar-refractivity contribution < 1.29 is 22.6 Å². The zero-order chi connectivity index (χ0) is 28.8. The van der Waals surface area contributed by atoms with E-state index in [4.69, 9.17) is 20.0 Å². The van der Waals surface area contributed by atoms with Crippen LogP contribution in [0.2, 0.25) is 0 Å². The Kier molecular flexibility index (Phi) is 8.91. The minimum Gasteiger partial charge on any atom is -0.490 e. The van der Waals surface area contributed by atoms with Crippen LogP contribution in [0.15, 0.2) is 58.9 Å². The first-order valence-electron chi connectivity index (χ1n) is 11.9. The fourth-order valence-electron chi connectivity index (χ4n) is 3.76. The second-order valence-corrected chi connectivity index (χ2v) is 9.96. The Balaban J connectivity index is 1.94. The van der Waals surface area contributed by atoms with Crippen molar-refractivity contribution in [2.45, 2.75) is 45.6 Å².